The number of aliphatic hydroxyl groups is 8. The van der Waals surface area contributed by atoms with Gasteiger partial charge in [0.15, 0.2) is 11.5 Å². The number of aromatic hydroxyl groups is 1. The monoisotopic (exact) mass is 644 g/mol. The molecule has 10 atom stereocenters. The summed E-state index contributed by atoms with van der Waals surface area (Å²) in [6, 6.07) is 7.13. The van der Waals surface area contributed by atoms with Crippen molar-refractivity contribution in [2.45, 2.75) is 68.0 Å². The first-order chi connectivity index (χ1) is 21.5. The van der Waals surface area contributed by atoms with Crippen molar-refractivity contribution in [3.05, 3.63) is 41.5 Å². The second-order valence-electron chi connectivity index (χ2n) is 10.1. The highest BCUT2D eigenvalue weighted by Gasteiger charge is 2.46. The maximum absolute atomic E-state index is 13.4. The topological polar surface area (TPSA) is 264 Å². The van der Waals surface area contributed by atoms with E-state index in [2.05, 4.69) is 0 Å². The molecule has 0 saturated carbocycles. The summed E-state index contributed by atoms with van der Waals surface area (Å²) < 4.78 is 38.0. The van der Waals surface area contributed by atoms with Gasteiger partial charge in [0, 0.05) is 11.6 Å². The Morgan fingerprint density at radius 1 is 0.733 bits per heavy atom. The van der Waals surface area contributed by atoms with E-state index in [0.29, 0.717) is 0 Å². The molecule has 9 N–H and O–H groups in total. The fraction of sp³-hybridized carbons (Fsp3) is 0.536. The van der Waals surface area contributed by atoms with E-state index in [4.69, 9.17) is 33.2 Å². The number of phenolic OH excluding ortho intramolecular Hbond substituents is 1. The minimum atomic E-state index is -1.84. The Kier molecular flexibility index (Phi) is 11.3. The molecular formula is C28H36O17. The van der Waals surface area contributed by atoms with Crippen molar-refractivity contribution in [3.63, 3.8) is 0 Å². The number of carbonyl (C=O) groups excluding carboxylic acids is 1. The van der Waals surface area contributed by atoms with Crippen molar-refractivity contribution in [2.24, 2.45) is 0 Å². The minimum absolute atomic E-state index is 0.0610. The van der Waals surface area contributed by atoms with Crippen LogP contribution in [-0.2, 0) is 20.8 Å². The summed E-state index contributed by atoms with van der Waals surface area (Å²) in [7, 11) is 2.33. The maximum Gasteiger partial charge on any atom is 0.346 e. The third kappa shape index (κ3) is 7.02. The van der Waals surface area contributed by atoms with Gasteiger partial charge >= 0.3 is 5.97 Å². The smallest absolute Gasteiger partial charge is 0.346 e. The summed E-state index contributed by atoms with van der Waals surface area (Å²) in [6.45, 7) is -1.85. The number of phenols is 1. The number of hydrogen-bond acceptors (Lipinski definition) is 17. The van der Waals surface area contributed by atoms with Crippen LogP contribution >= 0.6 is 0 Å². The van der Waals surface area contributed by atoms with Gasteiger partial charge in [-0.15, -0.1) is 0 Å². The van der Waals surface area contributed by atoms with Gasteiger partial charge in [0.2, 0.25) is 18.3 Å². The van der Waals surface area contributed by atoms with Gasteiger partial charge in [-0.3, -0.25) is 0 Å². The molecule has 2 heterocycles. The van der Waals surface area contributed by atoms with Crippen LogP contribution in [0.25, 0.3) is 0 Å². The predicted octanol–water partition coefficient (Wildman–Crippen LogP) is -2.88. The van der Waals surface area contributed by atoms with E-state index < -0.39 is 104 Å². The van der Waals surface area contributed by atoms with E-state index in [0.717, 1.165) is 13.2 Å². The first-order valence-electron chi connectivity index (χ1n) is 13.6. The molecule has 0 aliphatic carbocycles. The van der Waals surface area contributed by atoms with Crippen LogP contribution in [0.15, 0.2) is 30.3 Å². The molecule has 0 bridgehead atoms. The van der Waals surface area contributed by atoms with Gasteiger partial charge in [-0.05, 0) is 6.07 Å². The quantitative estimate of drug-likeness (QED) is 0.111. The lowest BCUT2D eigenvalue weighted by molar-refractivity contribution is -0.277. The number of aliphatic hydroxyl groups excluding tert-OH is 8. The molecule has 250 valence electrons. The molecule has 0 spiro atoms. The summed E-state index contributed by atoms with van der Waals surface area (Å²) >= 11 is 0. The Balaban J connectivity index is 1.57. The molecule has 2 aromatic carbocycles. The standard InChI is InChI=1S/C28H36O17/c1-39-14-7-12(31)24(45-28-23(37)21(35)19(33)16(9-30)44-28)25(40-2)17(14)26(38)41-10-11-5-3-4-6-13(11)42-27-22(36)20(34)18(32)15(8-29)43-27/h3-7,15-16,18-23,27-37H,8-10H2,1-2H3. The number of esters is 1. The molecule has 2 aromatic rings. The van der Waals surface area contributed by atoms with Crippen LogP contribution in [0, 0.1) is 0 Å². The van der Waals surface area contributed by atoms with E-state index in [1.165, 1.54) is 19.2 Å². The molecule has 17 heteroatoms. The van der Waals surface area contributed by atoms with Crippen molar-refractivity contribution in [3.8, 4) is 28.7 Å². The van der Waals surface area contributed by atoms with E-state index in [1.54, 1.807) is 12.1 Å². The Bertz CT molecular complexity index is 1300. The predicted molar refractivity (Wildman–Crippen MR) is 146 cm³/mol. The zero-order valence-electron chi connectivity index (χ0n) is 24.1. The zero-order valence-corrected chi connectivity index (χ0v) is 24.1. The SMILES string of the molecule is COc1cc(O)c(OC2OC(CO)C(O)C(O)C2O)c(OC)c1C(=O)OCc1ccccc1OC1OC(CO)C(O)C(O)C1O. The minimum Gasteiger partial charge on any atom is -0.504 e. The molecule has 2 fully saturated rings. The molecule has 45 heavy (non-hydrogen) atoms. The number of hydrogen-bond donors (Lipinski definition) is 9. The first kappa shape index (κ1) is 34.4. The summed E-state index contributed by atoms with van der Waals surface area (Å²) in [6.07, 6.45) is -16.0. The number of benzene rings is 2. The normalized spacial score (nSPS) is 31.6. The van der Waals surface area contributed by atoms with E-state index in [1.807, 2.05) is 0 Å². The van der Waals surface area contributed by atoms with Crippen LogP contribution < -0.4 is 18.9 Å². The lowest BCUT2D eigenvalue weighted by Gasteiger charge is -2.39. The van der Waals surface area contributed by atoms with Gasteiger partial charge in [0.05, 0.1) is 27.4 Å². The molecule has 2 aliphatic rings. The average Bonchev–Trinajstić information content (AvgIpc) is 3.04. The number of carbonyl (C=O) groups is 1. The molecule has 0 aromatic heterocycles. The second kappa shape index (κ2) is 14.7. The van der Waals surface area contributed by atoms with E-state index in [9.17, 15) is 50.8 Å². The van der Waals surface area contributed by atoms with Gasteiger partial charge in [-0.2, -0.15) is 0 Å². The third-order valence-electron chi connectivity index (χ3n) is 7.31. The van der Waals surface area contributed by atoms with E-state index >= 15 is 0 Å². The van der Waals surface area contributed by atoms with Gasteiger partial charge in [0.25, 0.3) is 0 Å². The van der Waals surface area contributed by atoms with Crippen LogP contribution in [0.3, 0.4) is 0 Å². The molecule has 10 unspecified atom stereocenters. The van der Waals surface area contributed by atoms with Crippen molar-refractivity contribution in [1.82, 2.24) is 0 Å². The van der Waals surface area contributed by atoms with Crippen molar-refractivity contribution in [1.29, 1.82) is 0 Å². The van der Waals surface area contributed by atoms with Crippen LogP contribution in [0.1, 0.15) is 15.9 Å². The van der Waals surface area contributed by atoms with Gasteiger partial charge in [-0.1, -0.05) is 18.2 Å². The van der Waals surface area contributed by atoms with Crippen LogP contribution in [0.2, 0.25) is 0 Å². The number of para-hydroxylation sites is 1. The number of rotatable bonds is 11. The van der Waals surface area contributed by atoms with Crippen LogP contribution in [0.5, 0.6) is 28.7 Å². The molecule has 4 rings (SSSR count). The molecule has 2 saturated heterocycles. The summed E-state index contributed by atoms with van der Waals surface area (Å²) in [4.78, 5) is 13.4. The highest BCUT2D eigenvalue weighted by atomic mass is 16.7. The van der Waals surface area contributed by atoms with Gasteiger partial charge < -0.3 is 79.1 Å². The number of methoxy groups -OCH3 is 2. The first-order valence-corrected chi connectivity index (χ1v) is 13.6. The van der Waals surface area contributed by atoms with E-state index in [-0.39, 0.29) is 22.6 Å². The highest BCUT2D eigenvalue weighted by Crippen LogP contribution is 2.46. The van der Waals surface area contributed by atoms with Crippen LogP contribution in [0.4, 0.5) is 0 Å². The fourth-order valence-corrected chi connectivity index (χ4v) is 4.79. The maximum atomic E-state index is 13.4. The molecule has 2 aliphatic heterocycles. The molecular weight excluding hydrogens is 608 g/mol. The van der Waals surface area contributed by atoms with Crippen molar-refractivity contribution in [2.75, 3.05) is 27.4 Å². The Morgan fingerprint density at radius 2 is 1.29 bits per heavy atom. The van der Waals surface area contributed by atoms with Crippen molar-refractivity contribution >= 4 is 5.97 Å². The summed E-state index contributed by atoms with van der Waals surface area (Å²) in [5.74, 6) is -2.77. The lowest BCUT2D eigenvalue weighted by atomic mass is 9.99. The Morgan fingerprint density at radius 3 is 1.82 bits per heavy atom. The Labute approximate surface area is 255 Å². The second-order valence-corrected chi connectivity index (χ2v) is 10.1. The summed E-state index contributed by atoms with van der Waals surface area (Å²) in [5.41, 5.74) is -0.109. The average molecular weight is 645 g/mol. The zero-order chi connectivity index (χ0) is 33.0. The van der Waals surface area contributed by atoms with Crippen molar-refractivity contribution < 1.29 is 83.9 Å². The highest BCUT2D eigenvalue weighted by molar-refractivity contribution is 5.97. The van der Waals surface area contributed by atoms with Gasteiger partial charge in [0.1, 0.15) is 72.5 Å². The van der Waals surface area contributed by atoms with Gasteiger partial charge in [-0.25, -0.2) is 4.79 Å². The molecule has 0 radical (unpaired) electrons. The molecule has 0 amide bonds. The fourth-order valence-electron chi connectivity index (χ4n) is 4.79. The Hall–Kier alpha value is -3.49. The lowest BCUT2D eigenvalue weighted by Crippen LogP contribution is -2.60. The third-order valence-corrected chi connectivity index (χ3v) is 7.31. The number of ether oxygens (including phenoxy) is 7. The molecule has 17 nitrogen and oxygen atoms in total. The summed E-state index contributed by atoms with van der Waals surface area (Å²) in [5, 5.41) is 90.5. The van der Waals surface area contributed by atoms with Crippen LogP contribution in [-0.4, -0.2) is 141 Å². The largest absolute Gasteiger partial charge is 0.504 e.